The number of likely N-dealkylation sites (tertiary alicyclic amines) is 1. The van der Waals surface area contributed by atoms with Gasteiger partial charge in [-0.05, 0) is 52.0 Å². The van der Waals surface area contributed by atoms with E-state index in [-0.39, 0.29) is 0 Å². The molecule has 2 rings (SSSR count). The number of rotatable bonds is 3. The molecule has 3 heteroatoms. The molecule has 0 aromatic heterocycles. The minimum absolute atomic E-state index is 0.325. The number of aliphatic hydroxyl groups is 1. The van der Waals surface area contributed by atoms with Gasteiger partial charge in [-0.2, -0.15) is 0 Å². The van der Waals surface area contributed by atoms with E-state index < -0.39 is 5.60 Å². The second-order valence-electron chi connectivity index (χ2n) is 6.54. The van der Waals surface area contributed by atoms with Crippen LogP contribution in [-0.2, 0) is 0 Å². The molecule has 2 heterocycles. The van der Waals surface area contributed by atoms with E-state index in [0.29, 0.717) is 12.1 Å². The first-order valence-corrected chi connectivity index (χ1v) is 7.75. The molecule has 0 bridgehead atoms. The zero-order valence-electron chi connectivity index (χ0n) is 12.3. The predicted octanol–water partition coefficient (Wildman–Crippen LogP) is 2.00. The molecule has 2 saturated heterocycles. The normalized spacial score (nSPS) is 33.8. The third kappa shape index (κ3) is 3.06. The molecule has 0 aliphatic carbocycles. The average molecular weight is 254 g/mol. The van der Waals surface area contributed by atoms with Gasteiger partial charge in [-0.1, -0.05) is 13.3 Å². The molecular weight excluding hydrogens is 224 g/mol. The first-order valence-electron chi connectivity index (χ1n) is 7.75. The van der Waals surface area contributed by atoms with Crippen molar-refractivity contribution in [1.29, 1.82) is 0 Å². The maximum absolute atomic E-state index is 10.9. The number of nitrogens with one attached hydrogen (secondary N) is 1. The van der Waals surface area contributed by atoms with E-state index in [4.69, 9.17) is 0 Å². The van der Waals surface area contributed by atoms with Crippen molar-refractivity contribution in [2.75, 3.05) is 19.6 Å². The van der Waals surface area contributed by atoms with Crippen LogP contribution in [0.5, 0.6) is 0 Å². The van der Waals surface area contributed by atoms with Crippen molar-refractivity contribution >= 4 is 0 Å². The second-order valence-corrected chi connectivity index (χ2v) is 6.54. The number of piperidine rings is 2. The van der Waals surface area contributed by atoms with Gasteiger partial charge in [-0.25, -0.2) is 0 Å². The van der Waals surface area contributed by atoms with E-state index in [0.717, 1.165) is 44.8 Å². The van der Waals surface area contributed by atoms with Gasteiger partial charge >= 0.3 is 0 Å². The van der Waals surface area contributed by atoms with E-state index in [1.165, 1.54) is 12.8 Å². The van der Waals surface area contributed by atoms with Crippen LogP contribution >= 0.6 is 0 Å². The fraction of sp³-hybridized carbons (Fsp3) is 1.00. The fourth-order valence-electron chi connectivity index (χ4n) is 3.55. The Kier molecular flexibility index (Phi) is 4.68. The lowest BCUT2D eigenvalue weighted by Crippen LogP contribution is -2.59. The molecule has 0 saturated carbocycles. The van der Waals surface area contributed by atoms with Gasteiger partial charge in [0.25, 0.3) is 0 Å². The van der Waals surface area contributed by atoms with Crippen LogP contribution in [0.3, 0.4) is 0 Å². The Morgan fingerprint density at radius 1 is 1.33 bits per heavy atom. The van der Waals surface area contributed by atoms with Gasteiger partial charge < -0.3 is 15.3 Å². The van der Waals surface area contributed by atoms with Crippen LogP contribution in [0, 0.1) is 5.92 Å². The van der Waals surface area contributed by atoms with Crippen molar-refractivity contribution in [3.63, 3.8) is 0 Å². The van der Waals surface area contributed by atoms with Crippen molar-refractivity contribution in [3.05, 3.63) is 0 Å². The molecule has 0 radical (unpaired) electrons. The highest BCUT2D eigenvalue weighted by Crippen LogP contribution is 2.33. The van der Waals surface area contributed by atoms with Gasteiger partial charge in [-0.3, -0.25) is 0 Å². The summed E-state index contributed by atoms with van der Waals surface area (Å²) in [4.78, 5) is 2.48. The van der Waals surface area contributed by atoms with Gasteiger partial charge in [0.15, 0.2) is 0 Å². The summed E-state index contributed by atoms with van der Waals surface area (Å²) < 4.78 is 0. The molecule has 0 amide bonds. The second kappa shape index (κ2) is 5.89. The van der Waals surface area contributed by atoms with E-state index in [2.05, 4.69) is 31.0 Å². The number of nitrogens with zero attached hydrogens (tertiary/aromatic N) is 1. The molecule has 3 nitrogen and oxygen atoms in total. The Bertz CT molecular complexity index is 259. The zero-order valence-corrected chi connectivity index (χ0v) is 12.3. The standard InChI is InChI=1S/C15H30N2O/c1-4-13-5-8-16-14(11-13)15(18)6-9-17(10-7-15)12(2)3/h12-14,16,18H,4-11H2,1-3H3. The Morgan fingerprint density at radius 2 is 2.00 bits per heavy atom. The average Bonchev–Trinajstić information content (AvgIpc) is 2.39. The molecular formula is C15H30N2O. The number of hydrogen-bond acceptors (Lipinski definition) is 3. The molecule has 0 spiro atoms. The molecule has 2 atom stereocenters. The lowest BCUT2D eigenvalue weighted by Gasteiger charge is -2.47. The van der Waals surface area contributed by atoms with E-state index >= 15 is 0 Å². The number of hydrogen-bond donors (Lipinski definition) is 2. The quantitative estimate of drug-likeness (QED) is 0.808. The Balaban J connectivity index is 1.92. The largest absolute Gasteiger partial charge is 0.388 e. The molecule has 2 unspecified atom stereocenters. The van der Waals surface area contributed by atoms with Gasteiger partial charge in [0, 0.05) is 25.2 Å². The first-order chi connectivity index (χ1) is 8.55. The summed E-state index contributed by atoms with van der Waals surface area (Å²) in [5.41, 5.74) is -0.459. The van der Waals surface area contributed by atoms with Crippen LogP contribution in [0.1, 0.15) is 52.9 Å². The van der Waals surface area contributed by atoms with Crippen LogP contribution in [0.4, 0.5) is 0 Å². The van der Waals surface area contributed by atoms with Crippen molar-refractivity contribution in [2.45, 2.75) is 70.6 Å². The third-order valence-corrected chi connectivity index (χ3v) is 5.13. The Morgan fingerprint density at radius 3 is 2.56 bits per heavy atom. The summed E-state index contributed by atoms with van der Waals surface area (Å²) in [6.07, 6.45) is 5.56. The zero-order chi connectivity index (χ0) is 13.2. The van der Waals surface area contributed by atoms with Gasteiger partial charge in [-0.15, -0.1) is 0 Å². The van der Waals surface area contributed by atoms with Crippen LogP contribution in [-0.4, -0.2) is 47.3 Å². The fourth-order valence-corrected chi connectivity index (χ4v) is 3.55. The van der Waals surface area contributed by atoms with Gasteiger partial charge in [0.05, 0.1) is 5.60 Å². The van der Waals surface area contributed by atoms with Crippen LogP contribution < -0.4 is 5.32 Å². The minimum atomic E-state index is -0.459. The summed E-state index contributed by atoms with van der Waals surface area (Å²) in [5, 5.41) is 14.5. The molecule has 106 valence electrons. The molecule has 2 fully saturated rings. The van der Waals surface area contributed by atoms with Crippen molar-refractivity contribution < 1.29 is 5.11 Å². The smallest absolute Gasteiger partial charge is 0.0824 e. The van der Waals surface area contributed by atoms with Crippen molar-refractivity contribution in [3.8, 4) is 0 Å². The Hall–Kier alpha value is -0.120. The van der Waals surface area contributed by atoms with Gasteiger partial charge in [0.2, 0.25) is 0 Å². The van der Waals surface area contributed by atoms with E-state index in [1.807, 2.05) is 0 Å². The third-order valence-electron chi connectivity index (χ3n) is 5.13. The highest BCUT2D eigenvalue weighted by molar-refractivity contribution is 4.98. The topological polar surface area (TPSA) is 35.5 Å². The predicted molar refractivity (Wildman–Crippen MR) is 75.7 cm³/mol. The monoisotopic (exact) mass is 254 g/mol. The van der Waals surface area contributed by atoms with Crippen molar-refractivity contribution in [2.24, 2.45) is 5.92 Å². The molecule has 2 N–H and O–H groups in total. The maximum Gasteiger partial charge on any atom is 0.0824 e. The molecule has 2 aliphatic rings. The molecule has 0 aromatic rings. The lowest BCUT2D eigenvalue weighted by atomic mass is 9.77. The summed E-state index contributed by atoms with van der Waals surface area (Å²) in [6.45, 7) is 9.94. The summed E-state index contributed by atoms with van der Waals surface area (Å²) in [7, 11) is 0. The van der Waals surface area contributed by atoms with Gasteiger partial charge in [0.1, 0.15) is 0 Å². The lowest BCUT2D eigenvalue weighted by molar-refractivity contribution is -0.0657. The van der Waals surface area contributed by atoms with Crippen LogP contribution in [0.15, 0.2) is 0 Å². The summed E-state index contributed by atoms with van der Waals surface area (Å²) in [5.74, 6) is 0.809. The maximum atomic E-state index is 10.9. The van der Waals surface area contributed by atoms with E-state index in [1.54, 1.807) is 0 Å². The molecule has 18 heavy (non-hydrogen) atoms. The van der Waals surface area contributed by atoms with Crippen LogP contribution in [0.2, 0.25) is 0 Å². The van der Waals surface area contributed by atoms with Crippen LogP contribution in [0.25, 0.3) is 0 Å². The minimum Gasteiger partial charge on any atom is -0.388 e. The first kappa shape index (κ1) is 14.3. The highest BCUT2D eigenvalue weighted by atomic mass is 16.3. The Labute approximate surface area is 112 Å². The summed E-state index contributed by atoms with van der Waals surface area (Å²) in [6, 6.07) is 0.933. The SMILES string of the molecule is CCC1CCNC(C2(O)CCN(C(C)C)CC2)C1. The molecule has 2 aliphatic heterocycles. The highest BCUT2D eigenvalue weighted by Gasteiger charge is 2.41. The summed E-state index contributed by atoms with van der Waals surface area (Å²) >= 11 is 0. The van der Waals surface area contributed by atoms with E-state index in [9.17, 15) is 5.11 Å². The van der Waals surface area contributed by atoms with Crippen molar-refractivity contribution in [1.82, 2.24) is 10.2 Å². The molecule has 0 aromatic carbocycles.